The first-order valence-corrected chi connectivity index (χ1v) is 9.55. The summed E-state index contributed by atoms with van der Waals surface area (Å²) in [5.74, 6) is 0. The van der Waals surface area contributed by atoms with Crippen LogP contribution < -0.4 is 0 Å². The van der Waals surface area contributed by atoms with Crippen LogP contribution in [0, 0.1) is 0 Å². The highest BCUT2D eigenvalue weighted by Gasteiger charge is 1.45. The molecular formula is C22H56. The predicted octanol–water partition coefficient (Wildman–Crippen LogP) is 10.1. The average molecular weight is 321 g/mol. The van der Waals surface area contributed by atoms with Gasteiger partial charge < -0.3 is 0 Å². The third kappa shape index (κ3) is 4290. The van der Waals surface area contributed by atoms with Gasteiger partial charge in [-0.3, -0.25) is 0 Å². The summed E-state index contributed by atoms with van der Waals surface area (Å²) in [6.07, 6.45) is 5.92. The van der Waals surface area contributed by atoms with Gasteiger partial charge in [0.2, 0.25) is 0 Å². The first-order valence-electron chi connectivity index (χ1n) is 9.55. The normalized spacial score (nSPS) is 4.09. The summed E-state index contributed by atoms with van der Waals surface area (Å²) in [7, 11) is 0. The lowest BCUT2D eigenvalue weighted by atomic mass is 10.5. The largest absolute Gasteiger partial charge is 0.106 e. The lowest BCUT2D eigenvalue weighted by Gasteiger charge is -1.57. The van der Waals surface area contributed by atoms with E-state index in [1.165, 1.54) is 0 Å². The van der Waals surface area contributed by atoms with Crippen LogP contribution >= 0.6 is 0 Å². The van der Waals surface area contributed by atoms with Crippen LogP contribution in [0.15, 0.2) is 38.5 Å². The molecule has 0 bridgehead atoms. The maximum atomic E-state index is 3.48. The second-order valence-corrected chi connectivity index (χ2v) is 1.39. The van der Waals surface area contributed by atoms with E-state index in [0.29, 0.717) is 0 Å². The van der Waals surface area contributed by atoms with Gasteiger partial charge in [0.05, 0.1) is 0 Å². The van der Waals surface area contributed by atoms with Gasteiger partial charge in [0, 0.05) is 0 Å². The highest BCUT2D eigenvalue weighted by Crippen LogP contribution is 1.66. The molecule has 0 N–H and O–H groups in total. The average Bonchev–Trinajstić information content (AvgIpc) is 2.72. The van der Waals surface area contributed by atoms with E-state index < -0.39 is 0 Å². The Bertz CT molecular complexity index is 45.1. The monoisotopic (exact) mass is 320 g/mol. The molecule has 0 spiro atoms. The van der Waals surface area contributed by atoms with Crippen LogP contribution in [0.5, 0.6) is 0 Å². The highest BCUT2D eigenvalue weighted by atomic mass is 13.5. The fraction of sp³-hybridized carbons (Fsp3) is 0.727. The molecule has 0 aromatic carbocycles. The summed E-state index contributed by atoms with van der Waals surface area (Å²) in [4.78, 5) is 0. The Hall–Kier alpha value is -0.780. The molecule has 0 aliphatic carbocycles. The van der Waals surface area contributed by atoms with Crippen molar-refractivity contribution in [3.05, 3.63) is 38.5 Å². The van der Waals surface area contributed by atoms with Crippen molar-refractivity contribution in [2.75, 3.05) is 0 Å². The van der Waals surface area contributed by atoms with Crippen molar-refractivity contribution in [3.8, 4) is 0 Å². The van der Waals surface area contributed by atoms with Gasteiger partial charge in [0.1, 0.15) is 0 Å². The Morgan fingerprint density at radius 2 is 0.500 bits per heavy atom. The maximum absolute atomic E-state index is 3.48. The third-order valence-corrected chi connectivity index (χ3v) is 0.577. The molecule has 0 heteroatoms. The Balaban J connectivity index is -0.0000000127. The van der Waals surface area contributed by atoms with Crippen LogP contribution in [0.1, 0.15) is 110 Å². The number of hydrogen-bond acceptors (Lipinski definition) is 0. The van der Waals surface area contributed by atoms with Crippen molar-refractivity contribution in [1.82, 2.24) is 0 Å². The Morgan fingerprint density at radius 3 is 0.500 bits per heavy atom. The van der Waals surface area contributed by atoms with Crippen LogP contribution in [0.2, 0.25) is 0 Å². The molecule has 0 unspecified atom stereocenters. The number of allylic oxidation sites excluding steroid dienone is 2. The molecule has 0 aromatic heterocycles. The second kappa shape index (κ2) is 720. The Kier molecular flexibility index (Phi) is 1900. The van der Waals surface area contributed by atoms with E-state index in [9.17, 15) is 0 Å². The van der Waals surface area contributed by atoms with Gasteiger partial charge in [-0.1, -0.05) is 109 Å². The van der Waals surface area contributed by atoms with Gasteiger partial charge in [0.25, 0.3) is 0 Å². The summed E-state index contributed by atoms with van der Waals surface area (Å²) in [5, 5.41) is 0. The first kappa shape index (κ1) is 58.1. The van der Waals surface area contributed by atoms with Gasteiger partial charge in [-0.15, -0.1) is 26.3 Å². The van der Waals surface area contributed by atoms with Crippen LogP contribution in [0.3, 0.4) is 0 Å². The molecule has 0 amide bonds. The van der Waals surface area contributed by atoms with Crippen LogP contribution in [0.4, 0.5) is 0 Å². The van der Waals surface area contributed by atoms with Crippen molar-refractivity contribution in [1.29, 1.82) is 0 Å². The van der Waals surface area contributed by atoms with Crippen LogP contribution in [0.25, 0.3) is 0 Å². The number of rotatable bonds is 2. The lowest BCUT2D eigenvalue weighted by Crippen LogP contribution is -1.36. The van der Waals surface area contributed by atoms with E-state index in [-0.39, 0.29) is 0 Å². The summed E-state index contributed by atoms with van der Waals surface area (Å²) in [6, 6.07) is 0. The standard InChI is InChI=1S/2C4H8.6C2H6.C2H4/c2*1-3-4-2;7*1-2/h2*3H,1,4H2,2H3;6*1-2H3;1-2H2. The highest BCUT2D eigenvalue weighted by molar-refractivity contribution is 4.60. The maximum Gasteiger partial charge on any atom is -0.0382 e. The Labute approximate surface area is 148 Å². The molecule has 0 rings (SSSR count). The molecule has 0 saturated heterocycles. The second-order valence-electron chi connectivity index (χ2n) is 1.39. The predicted molar refractivity (Wildman–Crippen MR) is 120 cm³/mol. The molecule has 0 aliphatic rings. The molecule has 0 aromatic rings. The van der Waals surface area contributed by atoms with E-state index in [4.69, 9.17) is 0 Å². The molecule has 144 valence electrons. The smallest absolute Gasteiger partial charge is 0.0382 e. The van der Waals surface area contributed by atoms with Crippen molar-refractivity contribution in [3.63, 3.8) is 0 Å². The Morgan fingerprint density at radius 1 is 0.455 bits per heavy atom. The van der Waals surface area contributed by atoms with Crippen molar-refractivity contribution in [2.45, 2.75) is 110 Å². The summed E-state index contributed by atoms with van der Waals surface area (Å²) in [5.41, 5.74) is 0. The SMILES string of the molecule is C=C.C=CCC.C=CCC.CC.CC.CC.CC.CC.CC. The molecular weight excluding hydrogens is 264 g/mol. The van der Waals surface area contributed by atoms with E-state index in [1.807, 2.05) is 95.2 Å². The topological polar surface area (TPSA) is 0 Å². The van der Waals surface area contributed by atoms with Crippen molar-refractivity contribution in [2.24, 2.45) is 0 Å². The van der Waals surface area contributed by atoms with Gasteiger partial charge >= 0.3 is 0 Å². The summed E-state index contributed by atoms with van der Waals surface area (Å²) in [6.45, 7) is 41.1. The van der Waals surface area contributed by atoms with Gasteiger partial charge in [-0.25, -0.2) is 0 Å². The molecule has 0 nitrogen and oxygen atoms in total. The first-order chi connectivity index (χ1) is 10.8. The van der Waals surface area contributed by atoms with Crippen LogP contribution in [-0.2, 0) is 0 Å². The quantitative estimate of drug-likeness (QED) is 0.444. The molecule has 0 fully saturated rings. The molecule has 0 aliphatic heterocycles. The zero-order valence-corrected chi connectivity index (χ0v) is 19.4. The molecule has 0 heterocycles. The fourth-order valence-electron chi connectivity index (χ4n) is 0. The van der Waals surface area contributed by atoms with Crippen molar-refractivity contribution < 1.29 is 0 Å². The minimum atomic E-state index is 1.08. The number of hydrogen-bond donors (Lipinski definition) is 0. The third-order valence-electron chi connectivity index (χ3n) is 0.577. The van der Waals surface area contributed by atoms with E-state index in [1.54, 1.807) is 0 Å². The minimum Gasteiger partial charge on any atom is -0.106 e. The molecule has 0 atom stereocenters. The van der Waals surface area contributed by atoms with Gasteiger partial charge in [0.15, 0.2) is 0 Å². The minimum absolute atomic E-state index is 1.08. The molecule has 0 saturated carbocycles. The van der Waals surface area contributed by atoms with E-state index in [2.05, 4.69) is 40.2 Å². The molecule has 0 radical (unpaired) electrons. The van der Waals surface area contributed by atoms with E-state index >= 15 is 0 Å². The lowest BCUT2D eigenvalue weighted by molar-refractivity contribution is 1.23. The van der Waals surface area contributed by atoms with Crippen LogP contribution in [-0.4, -0.2) is 0 Å². The molecule has 22 heavy (non-hydrogen) atoms. The zero-order valence-electron chi connectivity index (χ0n) is 19.4. The summed E-state index contributed by atoms with van der Waals surface area (Å²) >= 11 is 0. The van der Waals surface area contributed by atoms with Gasteiger partial charge in [-0.05, 0) is 12.8 Å². The van der Waals surface area contributed by atoms with Gasteiger partial charge in [-0.2, -0.15) is 0 Å². The fourth-order valence-corrected chi connectivity index (χ4v) is 0. The summed E-state index contributed by atoms with van der Waals surface area (Å²) < 4.78 is 0. The zero-order chi connectivity index (χ0) is 20.8. The van der Waals surface area contributed by atoms with E-state index in [0.717, 1.165) is 12.8 Å². The van der Waals surface area contributed by atoms with Crippen molar-refractivity contribution >= 4 is 0 Å².